The number of rotatable bonds is 9. The fourth-order valence-electron chi connectivity index (χ4n) is 5.74. The maximum Gasteiger partial charge on any atom is 0.185 e. The SMILES string of the molecule is O=C1C(Cc2ccccc2)=CC(=CC=C2C=C(Cc3ccccc3)C(=O)C(Cc3ccccc3)=C2)C=C1Cc1ccccc1. The zero-order valence-corrected chi connectivity index (χ0v) is 24.7. The molecule has 0 spiro atoms. The lowest BCUT2D eigenvalue weighted by Gasteiger charge is -2.17. The first-order valence-electron chi connectivity index (χ1n) is 15.1. The highest BCUT2D eigenvalue weighted by molar-refractivity contribution is 6.11. The summed E-state index contributed by atoms with van der Waals surface area (Å²) in [6, 6.07) is 40.5. The third kappa shape index (κ3) is 7.35. The summed E-state index contributed by atoms with van der Waals surface area (Å²) >= 11 is 0. The van der Waals surface area contributed by atoms with Crippen molar-refractivity contribution >= 4 is 11.6 Å². The standard InChI is InChI=1S/C42H34O2/c43-41-37(23-31-13-5-1-6-14-31)27-35(28-38(41)24-32-15-7-2-8-16-32)21-22-36-29-39(25-33-17-9-3-10-18-33)42(44)40(30-36)26-34-19-11-4-12-20-34/h1-22,27-30H,23-26H2. The molecule has 214 valence electrons. The summed E-state index contributed by atoms with van der Waals surface area (Å²) < 4.78 is 0. The zero-order valence-electron chi connectivity index (χ0n) is 24.7. The van der Waals surface area contributed by atoms with Gasteiger partial charge in [0.1, 0.15) is 0 Å². The predicted octanol–water partition coefficient (Wildman–Crippen LogP) is 8.68. The van der Waals surface area contributed by atoms with Crippen LogP contribution in [0.2, 0.25) is 0 Å². The first kappa shape index (κ1) is 28.8. The number of benzene rings is 4. The minimum atomic E-state index is 0.0980. The second kappa shape index (κ2) is 13.8. The number of hydrogen-bond donors (Lipinski definition) is 0. The van der Waals surface area contributed by atoms with Crippen LogP contribution in [0.3, 0.4) is 0 Å². The Morgan fingerprint density at radius 2 is 0.568 bits per heavy atom. The molecular formula is C42H34O2. The van der Waals surface area contributed by atoms with Crippen LogP contribution in [0, 0.1) is 0 Å². The molecule has 44 heavy (non-hydrogen) atoms. The number of ketones is 2. The molecule has 0 radical (unpaired) electrons. The van der Waals surface area contributed by atoms with E-state index in [1.54, 1.807) is 0 Å². The fraction of sp³-hybridized carbons (Fsp3) is 0.0952. The Morgan fingerprint density at radius 1 is 0.341 bits per heavy atom. The normalized spacial score (nSPS) is 14.8. The van der Waals surface area contributed by atoms with Gasteiger partial charge < -0.3 is 0 Å². The lowest BCUT2D eigenvalue weighted by molar-refractivity contribution is -0.113. The van der Waals surface area contributed by atoms with Crippen LogP contribution in [0.15, 0.2) is 191 Å². The largest absolute Gasteiger partial charge is 0.289 e. The molecule has 0 heterocycles. The third-order valence-electron chi connectivity index (χ3n) is 7.95. The quantitative estimate of drug-likeness (QED) is 0.202. The van der Waals surface area contributed by atoms with E-state index in [0.29, 0.717) is 25.7 Å². The van der Waals surface area contributed by atoms with Crippen LogP contribution >= 0.6 is 0 Å². The maximum absolute atomic E-state index is 13.6. The van der Waals surface area contributed by atoms with Gasteiger partial charge in [-0.1, -0.05) is 133 Å². The summed E-state index contributed by atoms with van der Waals surface area (Å²) in [4.78, 5) is 27.2. The van der Waals surface area contributed by atoms with Gasteiger partial charge in [-0.05, 0) is 57.7 Å². The Kier molecular flexibility index (Phi) is 8.99. The van der Waals surface area contributed by atoms with E-state index in [1.807, 2.05) is 97.1 Å². The summed E-state index contributed by atoms with van der Waals surface area (Å²) in [6.45, 7) is 0. The first-order valence-corrected chi connectivity index (χ1v) is 15.1. The van der Waals surface area contributed by atoms with Crippen LogP contribution in [0.4, 0.5) is 0 Å². The van der Waals surface area contributed by atoms with Crippen LogP contribution in [0.25, 0.3) is 0 Å². The van der Waals surface area contributed by atoms with Gasteiger partial charge in [-0.2, -0.15) is 0 Å². The molecule has 0 fully saturated rings. The van der Waals surface area contributed by atoms with Crippen LogP contribution < -0.4 is 0 Å². The van der Waals surface area contributed by atoms with E-state index in [0.717, 1.165) is 55.7 Å². The molecule has 0 aromatic heterocycles. The molecule has 2 nitrogen and oxygen atoms in total. The minimum absolute atomic E-state index is 0.0980. The van der Waals surface area contributed by atoms with Crippen LogP contribution in [-0.4, -0.2) is 11.6 Å². The highest BCUT2D eigenvalue weighted by atomic mass is 16.1. The van der Waals surface area contributed by atoms with E-state index in [4.69, 9.17) is 0 Å². The number of Topliss-reactive ketones (excluding diaryl/α,β-unsaturated/α-hetero) is 2. The van der Waals surface area contributed by atoms with E-state index >= 15 is 0 Å². The average molecular weight is 571 g/mol. The molecule has 0 amide bonds. The molecule has 4 aromatic carbocycles. The van der Waals surface area contributed by atoms with E-state index in [-0.39, 0.29) is 11.6 Å². The van der Waals surface area contributed by atoms with Crippen molar-refractivity contribution in [3.05, 3.63) is 213 Å². The molecule has 6 rings (SSSR count). The second-order valence-electron chi connectivity index (χ2n) is 11.3. The van der Waals surface area contributed by atoms with Crippen molar-refractivity contribution < 1.29 is 9.59 Å². The lowest BCUT2D eigenvalue weighted by atomic mass is 9.85. The second-order valence-corrected chi connectivity index (χ2v) is 11.3. The smallest absolute Gasteiger partial charge is 0.185 e. The number of hydrogen-bond acceptors (Lipinski definition) is 2. The predicted molar refractivity (Wildman–Crippen MR) is 179 cm³/mol. The molecule has 0 bridgehead atoms. The molecular weight excluding hydrogens is 536 g/mol. The Balaban J connectivity index is 1.36. The molecule has 0 unspecified atom stereocenters. The minimum Gasteiger partial charge on any atom is -0.289 e. The maximum atomic E-state index is 13.6. The van der Waals surface area contributed by atoms with Crippen molar-refractivity contribution in [3.8, 4) is 0 Å². The molecule has 4 aromatic rings. The lowest BCUT2D eigenvalue weighted by Crippen LogP contribution is -2.15. The van der Waals surface area contributed by atoms with Gasteiger partial charge in [-0.3, -0.25) is 9.59 Å². The van der Waals surface area contributed by atoms with Gasteiger partial charge in [-0.25, -0.2) is 0 Å². The van der Waals surface area contributed by atoms with Gasteiger partial charge in [0.15, 0.2) is 11.6 Å². The molecule has 0 N–H and O–H groups in total. The number of allylic oxidation sites excluding steroid dienone is 12. The van der Waals surface area contributed by atoms with Crippen molar-refractivity contribution in [3.63, 3.8) is 0 Å². The third-order valence-corrected chi connectivity index (χ3v) is 7.95. The zero-order chi connectivity index (χ0) is 30.1. The van der Waals surface area contributed by atoms with Crippen molar-refractivity contribution in [2.75, 3.05) is 0 Å². The Bertz CT molecular complexity index is 1570. The first-order chi connectivity index (χ1) is 21.6. The van der Waals surface area contributed by atoms with Gasteiger partial charge in [0, 0.05) is 48.0 Å². The molecule has 2 heteroatoms. The molecule has 0 saturated carbocycles. The van der Waals surface area contributed by atoms with E-state index < -0.39 is 0 Å². The summed E-state index contributed by atoms with van der Waals surface area (Å²) in [6.07, 6.45) is 14.5. The Morgan fingerprint density at radius 3 is 0.795 bits per heavy atom. The van der Waals surface area contributed by atoms with E-state index in [9.17, 15) is 9.59 Å². The van der Waals surface area contributed by atoms with Crippen LogP contribution in [0.5, 0.6) is 0 Å². The summed E-state index contributed by atoms with van der Waals surface area (Å²) in [5, 5.41) is 0. The van der Waals surface area contributed by atoms with Gasteiger partial charge in [-0.15, -0.1) is 0 Å². The molecule has 2 aliphatic rings. The Labute approximate surface area is 259 Å². The van der Waals surface area contributed by atoms with E-state index in [1.165, 1.54) is 0 Å². The van der Waals surface area contributed by atoms with Crippen LogP contribution in [0.1, 0.15) is 22.3 Å². The monoisotopic (exact) mass is 570 g/mol. The summed E-state index contributed by atoms with van der Waals surface area (Å²) in [5.41, 5.74) is 9.53. The number of carbonyl (C=O) groups excluding carboxylic acids is 2. The fourth-order valence-corrected chi connectivity index (χ4v) is 5.74. The molecule has 0 saturated heterocycles. The molecule has 0 atom stereocenters. The summed E-state index contributed by atoms with van der Waals surface area (Å²) in [7, 11) is 0. The van der Waals surface area contributed by atoms with Crippen LogP contribution in [-0.2, 0) is 35.3 Å². The highest BCUT2D eigenvalue weighted by Crippen LogP contribution is 2.28. The van der Waals surface area contributed by atoms with Crippen molar-refractivity contribution in [1.29, 1.82) is 0 Å². The highest BCUT2D eigenvalue weighted by Gasteiger charge is 2.22. The summed E-state index contributed by atoms with van der Waals surface area (Å²) in [5.74, 6) is 0.196. The van der Waals surface area contributed by atoms with Crippen molar-refractivity contribution in [2.24, 2.45) is 0 Å². The molecule has 0 aliphatic heterocycles. The number of carbonyl (C=O) groups is 2. The van der Waals surface area contributed by atoms with Gasteiger partial charge in [0.25, 0.3) is 0 Å². The molecule has 2 aliphatic carbocycles. The Hall–Kier alpha value is -5.34. The van der Waals surface area contributed by atoms with Gasteiger partial charge >= 0.3 is 0 Å². The average Bonchev–Trinajstić information content (AvgIpc) is 3.06. The van der Waals surface area contributed by atoms with E-state index in [2.05, 4.69) is 60.7 Å². The topological polar surface area (TPSA) is 34.1 Å². The van der Waals surface area contributed by atoms with Gasteiger partial charge in [0.2, 0.25) is 0 Å². The van der Waals surface area contributed by atoms with Crippen molar-refractivity contribution in [2.45, 2.75) is 25.7 Å². The van der Waals surface area contributed by atoms with Gasteiger partial charge in [0.05, 0.1) is 0 Å². The van der Waals surface area contributed by atoms with Crippen molar-refractivity contribution in [1.82, 2.24) is 0 Å².